The number of hydrogen-bond donors (Lipinski definition) is 2. The first-order valence-corrected chi connectivity index (χ1v) is 8.45. The van der Waals surface area contributed by atoms with Crippen molar-refractivity contribution in [2.45, 2.75) is 20.0 Å². The third-order valence-corrected chi connectivity index (χ3v) is 4.04. The van der Waals surface area contributed by atoms with E-state index in [4.69, 9.17) is 4.74 Å². The Labute approximate surface area is 151 Å². The number of nitrogens with zero attached hydrogens (tertiary/aromatic N) is 2. The number of rotatable bonds is 4. The minimum Gasteiger partial charge on any atom is -0.447 e. The number of carbonyl (C=O) groups excluding carboxylic acids is 3. The number of anilines is 1. The first-order chi connectivity index (χ1) is 12.4. The second-order valence-electron chi connectivity index (χ2n) is 5.49. The van der Waals surface area contributed by atoms with Crippen molar-refractivity contribution >= 4 is 45.3 Å². The van der Waals surface area contributed by atoms with E-state index in [-0.39, 0.29) is 11.7 Å². The number of thiophene rings is 1. The van der Waals surface area contributed by atoms with Gasteiger partial charge in [0.2, 0.25) is 0 Å². The molecule has 26 heavy (non-hydrogen) atoms. The molecule has 2 N–H and O–H groups in total. The van der Waals surface area contributed by atoms with E-state index in [1.165, 1.54) is 12.1 Å². The highest BCUT2D eigenvalue weighted by molar-refractivity contribution is 7.14. The molecule has 0 aliphatic rings. The Hall–Kier alpha value is -3.27. The topological polar surface area (TPSA) is 123 Å². The Morgan fingerprint density at radius 1 is 1.12 bits per heavy atom. The van der Waals surface area contributed by atoms with E-state index < -0.39 is 17.9 Å². The molecule has 0 saturated carbocycles. The lowest BCUT2D eigenvalue weighted by atomic mass is 10.2. The summed E-state index contributed by atoms with van der Waals surface area (Å²) in [5.41, 5.74) is 1.46. The van der Waals surface area contributed by atoms with Gasteiger partial charge in [-0.15, -0.1) is 11.3 Å². The Bertz CT molecular complexity index is 978. The van der Waals surface area contributed by atoms with Crippen LogP contribution in [0.1, 0.15) is 34.6 Å². The van der Waals surface area contributed by atoms with Crippen LogP contribution in [0, 0.1) is 0 Å². The quantitative estimate of drug-likeness (QED) is 0.719. The van der Waals surface area contributed by atoms with Crippen molar-refractivity contribution in [1.82, 2.24) is 15.6 Å². The predicted octanol–water partition coefficient (Wildman–Crippen LogP) is 2.81. The number of alkyl carbamates (subject to hydrolysis) is 1. The Morgan fingerprint density at radius 3 is 2.65 bits per heavy atom. The molecule has 0 radical (unpaired) electrons. The summed E-state index contributed by atoms with van der Waals surface area (Å²) in [6.07, 6.45) is -1.21. The number of amides is 3. The Balaban J connectivity index is 1.72. The number of hydrogen-bond acceptors (Lipinski definition) is 8. The molecule has 0 spiro atoms. The Morgan fingerprint density at radius 2 is 1.88 bits per heavy atom. The highest BCUT2D eigenvalue weighted by Gasteiger charge is 2.19. The molecule has 0 unspecified atom stereocenters. The molecule has 1 aromatic carbocycles. The third kappa shape index (κ3) is 3.86. The number of aromatic nitrogens is 2. The van der Waals surface area contributed by atoms with Gasteiger partial charge >= 0.3 is 6.09 Å². The van der Waals surface area contributed by atoms with Crippen LogP contribution in [0.3, 0.4) is 0 Å². The number of nitrogens with one attached hydrogen (secondary N) is 2. The molecular weight excluding hydrogens is 360 g/mol. The van der Waals surface area contributed by atoms with E-state index in [1.807, 2.05) is 0 Å². The SMILES string of the molecule is CC(C)OC(=O)NC(=O)c1ccsc1NC(=O)c1ccc2nonc2c1. The molecule has 2 aromatic heterocycles. The first-order valence-electron chi connectivity index (χ1n) is 7.57. The largest absolute Gasteiger partial charge is 0.447 e. The lowest BCUT2D eigenvalue weighted by Crippen LogP contribution is -2.32. The number of fused-ring (bicyclic) bond motifs is 1. The van der Waals surface area contributed by atoms with Crippen molar-refractivity contribution in [3.8, 4) is 0 Å². The van der Waals surface area contributed by atoms with Gasteiger partial charge in [-0.1, -0.05) is 0 Å². The van der Waals surface area contributed by atoms with Gasteiger partial charge in [-0.05, 0) is 53.8 Å². The van der Waals surface area contributed by atoms with Crippen LogP contribution in [-0.2, 0) is 4.74 Å². The fourth-order valence-electron chi connectivity index (χ4n) is 2.09. The van der Waals surface area contributed by atoms with Gasteiger partial charge in [0.1, 0.15) is 16.0 Å². The summed E-state index contributed by atoms with van der Waals surface area (Å²) in [6, 6.07) is 6.19. The smallest absolute Gasteiger partial charge is 0.414 e. The number of ether oxygens (including phenoxy) is 1. The maximum atomic E-state index is 12.4. The second kappa shape index (κ2) is 7.31. The molecule has 134 valence electrons. The minimum atomic E-state index is -0.850. The van der Waals surface area contributed by atoms with E-state index in [0.717, 1.165) is 11.3 Å². The number of imide groups is 1. The molecule has 2 heterocycles. The zero-order chi connectivity index (χ0) is 18.7. The molecule has 0 bridgehead atoms. The van der Waals surface area contributed by atoms with Crippen LogP contribution < -0.4 is 10.6 Å². The van der Waals surface area contributed by atoms with Crippen LogP contribution in [0.25, 0.3) is 11.0 Å². The van der Waals surface area contributed by atoms with Gasteiger partial charge < -0.3 is 10.1 Å². The maximum Gasteiger partial charge on any atom is 0.414 e. The molecule has 0 aliphatic carbocycles. The van der Waals surface area contributed by atoms with Crippen LogP contribution in [-0.4, -0.2) is 34.3 Å². The summed E-state index contributed by atoms with van der Waals surface area (Å²) < 4.78 is 9.46. The summed E-state index contributed by atoms with van der Waals surface area (Å²) in [7, 11) is 0. The van der Waals surface area contributed by atoms with E-state index >= 15 is 0 Å². The van der Waals surface area contributed by atoms with Crippen LogP contribution in [0.5, 0.6) is 0 Å². The predicted molar refractivity (Wildman–Crippen MR) is 93.2 cm³/mol. The monoisotopic (exact) mass is 374 g/mol. The normalized spacial score (nSPS) is 10.7. The van der Waals surface area contributed by atoms with Gasteiger partial charge in [-0.2, -0.15) is 0 Å². The summed E-state index contributed by atoms with van der Waals surface area (Å²) in [5.74, 6) is -1.10. The van der Waals surface area contributed by atoms with Crippen molar-refractivity contribution < 1.29 is 23.7 Å². The fourth-order valence-corrected chi connectivity index (χ4v) is 2.87. The average molecular weight is 374 g/mol. The molecule has 9 nitrogen and oxygen atoms in total. The molecule has 10 heteroatoms. The second-order valence-corrected chi connectivity index (χ2v) is 6.41. The van der Waals surface area contributed by atoms with Crippen molar-refractivity contribution in [1.29, 1.82) is 0 Å². The standard InChI is InChI=1S/C16H14N4O5S/c1-8(2)24-16(23)18-14(22)10-5-6-26-15(10)17-13(21)9-3-4-11-12(7-9)20-25-19-11/h3-8H,1-2H3,(H,17,21)(H,18,22,23). The summed E-state index contributed by atoms with van der Waals surface area (Å²) in [6.45, 7) is 3.34. The van der Waals surface area contributed by atoms with E-state index in [0.29, 0.717) is 21.6 Å². The zero-order valence-corrected chi connectivity index (χ0v) is 14.6. The van der Waals surface area contributed by atoms with Crippen LogP contribution >= 0.6 is 11.3 Å². The number of benzene rings is 1. The lowest BCUT2D eigenvalue weighted by molar-refractivity contribution is 0.0877. The van der Waals surface area contributed by atoms with Crippen molar-refractivity contribution in [2.24, 2.45) is 0 Å². The van der Waals surface area contributed by atoms with E-state index in [9.17, 15) is 14.4 Å². The van der Waals surface area contributed by atoms with Crippen molar-refractivity contribution in [2.75, 3.05) is 5.32 Å². The zero-order valence-electron chi connectivity index (χ0n) is 13.8. The molecule has 0 aliphatic heterocycles. The molecule has 3 aromatic rings. The van der Waals surface area contributed by atoms with Gasteiger partial charge in [0, 0.05) is 5.56 Å². The van der Waals surface area contributed by atoms with Gasteiger partial charge in [0.25, 0.3) is 11.8 Å². The van der Waals surface area contributed by atoms with E-state index in [2.05, 4.69) is 25.6 Å². The third-order valence-electron chi connectivity index (χ3n) is 3.21. The molecule has 0 atom stereocenters. The average Bonchev–Trinajstić information content (AvgIpc) is 3.21. The lowest BCUT2D eigenvalue weighted by Gasteiger charge is -2.09. The molecule has 0 fully saturated rings. The van der Waals surface area contributed by atoms with Gasteiger partial charge in [0.15, 0.2) is 0 Å². The maximum absolute atomic E-state index is 12.4. The first kappa shape index (κ1) is 17.5. The number of carbonyl (C=O) groups is 3. The molecule has 0 saturated heterocycles. The van der Waals surface area contributed by atoms with Crippen molar-refractivity contribution in [3.63, 3.8) is 0 Å². The van der Waals surface area contributed by atoms with Gasteiger partial charge in [0.05, 0.1) is 11.7 Å². The van der Waals surface area contributed by atoms with E-state index in [1.54, 1.807) is 31.4 Å². The highest BCUT2D eigenvalue weighted by Crippen LogP contribution is 2.24. The highest BCUT2D eigenvalue weighted by atomic mass is 32.1. The molecular formula is C16H14N4O5S. The van der Waals surface area contributed by atoms with Gasteiger partial charge in [-0.25, -0.2) is 9.42 Å². The van der Waals surface area contributed by atoms with Crippen molar-refractivity contribution in [3.05, 3.63) is 40.8 Å². The minimum absolute atomic E-state index is 0.160. The molecule has 3 rings (SSSR count). The van der Waals surface area contributed by atoms with Crippen LogP contribution in [0.2, 0.25) is 0 Å². The summed E-state index contributed by atoms with van der Waals surface area (Å²) in [5, 5.41) is 14.0. The van der Waals surface area contributed by atoms with Gasteiger partial charge in [-0.3, -0.25) is 14.9 Å². The van der Waals surface area contributed by atoms with Crippen LogP contribution in [0.4, 0.5) is 9.80 Å². The molecule has 3 amide bonds. The fraction of sp³-hybridized carbons (Fsp3) is 0.188. The summed E-state index contributed by atoms with van der Waals surface area (Å²) >= 11 is 1.16. The van der Waals surface area contributed by atoms with Crippen LogP contribution in [0.15, 0.2) is 34.3 Å². The summed E-state index contributed by atoms with van der Waals surface area (Å²) in [4.78, 5) is 36.2. The Kier molecular flexibility index (Phi) is 4.94.